The summed E-state index contributed by atoms with van der Waals surface area (Å²) in [7, 11) is 0. The standard InChI is InChI=1S/C20H18F6N2O/c21-19(22,23)15-4-2-1-3-13(15)16-14(17(29-28-16)20(24,25)26)9-12-10-18(11-12)5-7-27-8-6-18/h1-4,9,27H,5-8,10-11H2. The zero-order valence-corrected chi connectivity index (χ0v) is 15.3. The maximum absolute atomic E-state index is 13.4. The highest BCUT2D eigenvalue weighted by molar-refractivity contribution is 5.77. The molecule has 1 saturated carbocycles. The van der Waals surface area contributed by atoms with E-state index in [4.69, 9.17) is 0 Å². The van der Waals surface area contributed by atoms with Crippen molar-refractivity contribution in [3.8, 4) is 11.3 Å². The molecule has 1 aromatic heterocycles. The highest BCUT2D eigenvalue weighted by atomic mass is 19.4. The van der Waals surface area contributed by atoms with Crippen LogP contribution in [-0.2, 0) is 12.4 Å². The second kappa shape index (κ2) is 6.90. The van der Waals surface area contributed by atoms with E-state index in [0.29, 0.717) is 12.8 Å². The van der Waals surface area contributed by atoms with Gasteiger partial charge in [-0.15, -0.1) is 0 Å². The minimum Gasteiger partial charge on any atom is -0.350 e. The van der Waals surface area contributed by atoms with Gasteiger partial charge in [0.1, 0.15) is 5.69 Å². The summed E-state index contributed by atoms with van der Waals surface area (Å²) in [6.07, 6.45) is -5.13. The molecular formula is C20H18F6N2O. The fraction of sp³-hybridized carbons (Fsp3) is 0.450. The molecule has 156 valence electrons. The van der Waals surface area contributed by atoms with E-state index in [1.165, 1.54) is 18.2 Å². The summed E-state index contributed by atoms with van der Waals surface area (Å²) in [4.78, 5) is 0. The van der Waals surface area contributed by atoms with Crippen molar-refractivity contribution in [2.24, 2.45) is 5.41 Å². The average molecular weight is 416 g/mol. The highest BCUT2D eigenvalue weighted by Crippen LogP contribution is 2.53. The van der Waals surface area contributed by atoms with Gasteiger partial charge in [0.2, 0.25) is 5.76 Å². The van der Waals surface area contributed by atoms with Crippen LogP contribution in [0.1, 0.15) is 42.6 Å². The van der Waals surface area contributed by atoms with Gasteiger partial charge in [0.15, 0.2) is 0 Å². The molecule has 0 amide bonds. The van der Waals surface area contributed by atoms with Crippen LogP contribution in [-0.4, -0.2) is 18.2 Å². The number of alkyl halides is 6. The van der Waals surface area contributed by atoms with Gasteiger partial charge in [0.25, 0.3) is 0 Å². The molecule has 9 heteroatoms. The van der Waals surface area contributed by atoms with Gasteiger partial charge in [-0.1, -0.05) is 28.9 Å². The van der Waals surface area contributed by atoms with E-state index in [2.05, 4.69) is 15.0 Å². The first-order valence-electron chi connectivity index (χ1n) is 9.23. The number of nitrogens with zero attached hydrogens (tertiary/aromatic N) is 1. The molecule has 29 heavy (non-hydrogen) atoms. The predicted molar refractivity (Wildman–Crippen MR) is 93.7 cm³/mol. The van der Waals surface area contributed by atoms with Crippen LogP contribution in [0.3, 0.4) is 0 Å². The number of benzene rings is 1. The van der Waals surface area contributed by atoms with Crippen LogP contribution in [0, 0.1) is 5.41 Å². The Morgan fingerprint density at radius 1 is 0.966 bits per heavy atom. The molecule has 1 aliphatic heterocycles. The summed E-state index contributed by atoms with van der Waals surface area (Å²) in [5, 5.41) is 6.64. The van der Waals surface area contributed by atoms with Crippen LogP contribution in [0.2, 0.25) is 0 Å². The first kappa shape index (κ1) is 20.0. The molecule has 2 fully saturated rings. The minimum atomic E-state index is -4.86. The maximum Gasteiger partial charge on any atom is 0.453 e. The van der Waals surface area contributed by atoms with Gasteiger partial charge in [-0.05, 0) is 56.3 Å². The molecule has 0 unspecified atom stereocenters. The molecule has 1 spiro atoms. The molecule has 1 saturated heterocycles. The van der Waals surface area contributed by atoms with E-state index in [0.717, 1.165) is 43.6 Å². The highest BCUT2D eigenvalue weighted by Gasteiger charge is 2.44. The number of hydrogen-bond donors (Lipinski definition) is 1. The summed E-state index contributed by atoms with van der Waals surface area (Å²) in [6.45, 7) is 1.72. The molecule has 2 heterocycles. The van der Waals surface area contributed by atoms with Crippen LogP contribution >= 0.6 is 0 Å². The van der Waals surface area contributed by atoms with Gasteiger partial charge in [0, 0.05) is 5.56 Å². The lowest BCUT2D eigenvalue weighted by Crippen LogP contribution is -2.42. The van der Waals surface area contributed by atoms with E-state index in [9.17, 15) is 26.3 Å². The summed E-state index contributed by atoms with van der Waals surface area (Å²) in [6, 6.07) is 4.44. The fourth-order valence-electron chi connectivity index (χ4n) is 4.30. The third-order valence-electron chi connectivity index (χ3n) is 5.69. The molecule has 1 aromatic carbocycles. The van der Waals surface area contributed by atoms with E-state index in [1.807, 2.05) is 0 Å². The van der Waals surface area contributed by atoms with Crippen molar-refractivity contribution in [2.75, 3.05) is 13.1 Å². The lowest BCUT2D eigenvalue weighted by Gasteiger charge is -2.47. The zero-order valence-electron chi connectivity index (χ0n) is 15.3. The van der Waals surface area contributed by atoms with Crippen LogP contribution < -0.4 is 5.32 Å². The zero-order chi connectivity index (χ0) is 20.9. The van der Waals surface area contributed by atoms with Gasteiger partial charge >= 0.3 is 12.4 Å². The van der Waals surface area contributed by atoms with Crippen LogP contribution in [0.25, 0.3) is 17.3 Å². The van der Waals surface area contributed by atoms with Crippen LogP contribution in [0.5, 0.6) is 0 Å². The Morgan fingerprint density at radius 3 is 2.24 bits per heavy atom. The van der Waals surface area contributed by atoms with Gasteiger partial charge in [-0.3, -0.25) is 0 Å². The number of hydrogen-bond acceptors (Lipinski definition) is 3. The first-order chi connectivity index (χ1) is 13.6. The molecule has 0 atom stereocenters. The quantitative estimate of drug-likeness (QED) is 0.617. The van der Waals surface area contributed by atoms with Crippen molar-refractivity contribution in [3.05, 3.63) is 46.7 Å². The summed E-state index contributed by atoms with van der Waals surface area (Å²) in [5.41, 5.74) is -1.51. The van der Waals surface area contributed by atoms with Crippen molar-refractivity contribution >= 4 is 6.08 Å². The Labute approximate surface area is 162 Å². The molecule has 2 aromatic rings. The first-order valence-corrected chi connectivity index (χ1v) is 9.23. The second-order valence-corrected chi connectivity index (χ2v) is 7.72. The van der Waals surface area contributed by atoms with Crippen molar-refractivity contribution in [2.45, 2.75) is 38.0 Å². The molecular weight excluding hydrogens is 398 g/mol. The van der Waals surface area contributed by atoms with Gasteiger partial charge in [0.05, 0.1) is 11.1 Å². The predicted octanol–water partition coefficient (Wildman–Crippen LogP) is 5.93. The third kappa shape index (κ3) is 3.80. The number of halogens is 6. The topological polar surface area (TPSA) is 38.1 Å². The molecule has 0 radical (unpaired) electrons. The van der Waals surface area contributed by atoms with Gasteiger partial charge in [-0.25, -0.2) is 0 Å². The largest absolute Gasteiger partial charge is 0.453 e. The number of allylic oxidation sites excluding steroid dienone is 1. The summed E-state index contributed by atoms with van der Waals surface area (Å²) >= 11 is 0. The van der Waals surface area contributed by atoms with Crippen molar-refractivity contribution in [1.82, 2.24) is 10.5 Å². The van der Waals surface area contributed by atoms with Crippen molar-refractivity contribution in [1.29, 1.82) is 0 Å². The average Bonchev–Trinajstić information content (AvgIpc) is 3.04. The number of rotatable bonds is 2. The van der Waals surface area contributed by atoms with Crippen molar-refractivity contribution in [3.63, 3.8) is 0 Å². The van der Waals surface area contributed by atoms with Gasteiger partial charge < -0.3 is 9.84 Å². The molecule has 3 nitrogen and oxygen atoms in total. The SMILES string of the molecule is FC(F)(F)c1ccccc1-c1noc(C(F)(F)F)c1C=C1CC2(CCNCC2)C1. The maximum atomic E-state index is 13.4. The number of aromatic nitrogens is 1. The molecule has 1 aliphatic carbocycles. The Hall–Kier alpha value is -2.29. The Morgan fingerprint density at radius 2 is 1.62 bits per heavy atom. The Kier molecular flexibility index (Phi) is 4.76. The summed E-state index contributed by atoms with van der Waals surface area (Å²) in [5.74, 6) is -1.37. The number of piperidine rings is 1. The van der Waals surface area contributed by atoms with Crippen molar-refractivity contribution < 1.29 is 30.9 Å². The monoisotopic (exact) mass is 416 g/mol. The normalized spacial score (nSPS) is 19.3. The fourth-order valence-corrected chi connectivity index (χ4v) is 4.30. The Bertz CT molecular complexity index is 925. The van der Waals surface area contributed by atoms with E-state index in [1.54, 1.807) is 0 Å². The molecule has 2 aliphatic rings. The van der Waals surface area contributed by atoms with Crippen LogP contribution in [0.4, 0.5) is 26.3 Å². The smallest absolute Gasteiger partial charge is 0.350 e. The lowest BCUT2D eigenvalue weighted by molar-refractivity contribution is -0.155. The minimum absolute atomic E-state index is 0.0800. The Balaban J connectivity index is 1.77. The van der Waals surface area contributed by atoms with Gasteiger partial charge in [-0.2, -0.15) is 26.3 Å². The second-order valence-electron chi connectivity index (χ2n) is 7.72. The molecule has 4 rings (SSSR count). The van der Waals surface area contributed by atoms with Crippen LogP contribution in [0.15, 0.2) is 34.4 Å². The summed E-state index contributed by atoms with van der Waals surface area (Å²) < 4.78 is 85.0. The van der Waals surface area contributed by atoms with E-state index >= 15 is 0 Å². The van der Waals surface area contributed by atoms with E-state index in [-0.39, 0.29) is 5.41 Å². The molecule has 1 N–H and O–H groups in total. The molecule has 0 bridgehead atoms. The van der Waals surface area contributed by atoms with E-state index < -0.39 is 40.5 Å². The number of nitrogens with one attached hydrogen (secondary N) is 1. The third-order valence-corrected chi connectivity index (χ3v) is 5.69. The lowest BCUT2D eigenvalue weighted by atomic mass is 9.60.